The number of nitro groups is 1. The first-order valence-corrected chi connectivity index (χ1v) is 7.23. The van der Waals surface area contributed by atoms with Crippen LogP contribution in [-0.2, 0) is 16.1 Å². The van der Waals surface area contributed by atoms with Gasteiger partial charge in [0.2, 0.25) is 11.7 Å². The van der Waals surface area contributed by atoms with Crippen LogP contribution in [0.4, 0.5) is 15.8 Å². The summed E-state index contributed by atoms with van der Waals surface area (Å²) in [5.74, 6) is -2.67. The number of benzene rings is 1. The number of nitriles is 1. The molecule has 0 atom stereocenters. The number of methoxy groups -OCH3 is 1. The third-order valence-electron chi connectivity index (χ3n) is 3.37. The molecule has 2 aromatic rings. The lowest BCUT2D eigenvalue weighted by Crippen LogP contribution is -2.29. The number of aromatic nitrogens is 1. The molecule has 0 radical (unpaired) electrons. The van der Waals surface area contributed by atoms with Gasteiger partial charge in [-0.1, -0.05) is 0 Å². The topological polar surface area (TPSA) is 144 Å². The second-order valence-electron chi connectivity index (χ2n) is 5.15. The van der Waals surface area contributed by atoms with E-state index in [4.69, 9.17) is 5.26 Å². The summed E-state index contributed by atoms with van der Waals surface area (Å²) in [5.41, 5.74) is -2.19. The molecule has 10 nitrogen and oxygen atoms in total. The fourth-order valence-corrected chi connectivity index (χ4v) is 2.15. The number of anilines is 1. The Labute approximate surface area is 150 Å². The summed E-state index contributed by atoms with van der Waals surface area (Å²) < 4.78 is 18.7. The molecule has 0 fully saturated rings. The number of pyridine rings is 1. The lowest BCUT2D eigenvalue weighted by molar-refractivity contribution is -0.387. The van der Waals surface area contributed by atoms with Gasteiger partial charge in [-0.2, -0.15) is 9.65 Å². The van der Waals surface area contributed by atoms with Gasteiger partial charge in [0.15, 0.2) is 0 Å². The number of esters is 1. The van der Waals surface area contributed by atoms with Crippen LogP contribution in [0.5, 0.6) is 0 Å². The highest BCUT2D eigenvalue weighted by Gasteiger charge is 2.17. The smallest absolute Gasteiger partial charge is 0.339 e. The van der Waals surface area contributed by atoms with Crippen molar-refractivity contribution in [2.75, 3.05) is 12.4 Å². The van der Waals surface area contributed by atoms with Gasteiger partial charge in [-0.05, 0) is 18.2 Å². The number of ether oxygens (including phenoxy) is 1. The summed E-state index contributed by atoms with van der Waals surface area (Å²) in [5, 5.41) is 22.0. The van der Waals surface area contributed by atoms with Crippen molar-refractivity contribution in [3.05, 3.63) is 67.9 Å². The van der Waals surface area contributed by atoms with E-state index in [2.05, 4.69) is 10.1 Å². The van der Waals surface area contributed by atoms with E-state index in [1.165, 1.54) is 0 Å². The molecule has 27 heavy (non-hydrogen) atoms. The van der Waals surface area contributed by atoms with E-state index in [0.717, 1.165) is 42.1 Å². The Morgan fingerprint density at radius 3 is 2.70 bits per heavy atom. The minimum atomic E-state index is -1.07. The molecule has 0 bridgehead atoms. The number of halogens is 1. The Kier molecular flexibility index (Phi) is 5.62. The van der Waals surface area contributed by atoms with E-state index in [9.17, 15) is 28.9 Å². The minimum Gasteiger partial charge on any atom is -0.465 e. The molecule has 0 saturated carbocycles. The largest absolute Gasteiger partial charge is 0.465 e. The zero-order chi connectivity index (χ0) is 20.1. The Morgan fingerprint density at radius 2 is 2.11 bits per heavy atom. The summed E-state index contributed by atoms with van der Waals surface area (Å²) in [6.07, 6.45) is 1.04. The van der Waals surface area contributed by atoms with Crippen LogP contribution in [0.2, 0.25) is 0 Å². The first kappa shape index (κ1) is 19.3. The van der Waals surface area contributed by atoms with Crippen LogP contribution < -0.4 is 10.9 Å². The number of nitro benzene ring substituents is 1. The maximum absolute atomic E-state index is 13.3. The average Bonchev–Trinajstić information content (AvgIpc) is 2.63. The van der Waals surface area contributed by atoms with Crippen LogP contribution in [0.15, 0.2) is 35.3 Å². The van der Waals surface area contributed by atoms with Crippen LogP contribution in [0.25, 0.3) is 0 Å². The van der Waals surface area contributed by atoms with Gasteiger partial charge in [0.25, 0.3) is 5.56 Å². The number of carbonyl (C=O) groups is 2. The molecule has 11 heteroatoms. The zero-order valence-electron chi connectivity index (χ0n) is 13.8. The zero-order valence-corrected chi connectivity index (χ0v) is 13.8. The molecule has 1 aromatic heterocycles. The number of nitrogens with zero attached hydrogens (tertiary/aromatic N) is 3. The number of hydrogen-bond acceptors (Lipinski definition) is 7. The van der Waals surface area contributed by atoms with Crippen molar-refractivity contribution >= 4 is 23.3 Å². The van der Waals surface area contributed by atoms with Crippen molar-refractivity contribution in [2.24, 2.45) is 0 Å². The minimum absolute atomic E-state index is 0.0641. The van der Waals surface area contributed by atoms with E-state index in [0.29, 0.717) is 0 Å². The van der Waals surface area contributed by atoms with E-state index in [-0.39, 0.29) is 16.8 Å². The fraction of sp³-hybridized carbons (Fsp3) is 0.125. The average molecular weight is 374 g/mol. The summed E-state index contributed by atoms with van der Waals surface area (Å²) >= 11 is 0. The number of nitrogens with one attached hydrogen (secondary N) is 1. The van der Waals surface area contributed by atoms with Gasteiger partial charge in [0, 0.05) is 18.0 Å². The molecule has 0 unspecified atom stereocenters. The van der Waals surface area contributed by atoms with Gasteiger partial charge in [-0.15, -0.1) is 0 Å². The molecule has 138 valence electrons. The summed E-state index contributed by atoms with van der Waals surface area (Å²) in [7, 11) is 1.11. The summed E-state index contributed by atoms with van der Waals surface area (Å²) in [4.78, 5) is 45.6. The third kappa shape index (κ3) is 4.31. The van der Waals surface area contributed by atoms with E-state index in [1.54, 1.807) is 6.07 Å². The molecule has 2 rings (SSSR count). The Hall–Kier alpha value is -4.07. The molecule has 0 saturated heterocycles. The second kappa shape index (κ2) is 7.87. The van der Waals surface area contributed by atoms with Crippen LogP contribution >= 0.6 is 0 Å². The van der Waals surface area contributed by atoms with Crippen molar-refractivity contribution in [3.8, 4) is 6.07 Å². The molecule has 1 heterocycles. The Balaban J connectivity index is 2.29. The molecule has 1 N–H and O–H groups in total. The molecule has 1 amide bonds. The highest BCUT2D eigenvalue weighted by molar-refractivity contribution is 5.91. The molecular formula is C16H11FN4O6. The quantitative estimate of drug-likeness (QED) is 0.470. The van der Waals surface area contributed by atoms with Crippen molar-refractivity contribution in [3.63, 3.8) is 0 Å². The number of carbonyl (C=O) groups excluding carboxylic acids is 2. The van der Waals surface area contributed by atoms with Crippen molar-refractivity contribution in [2.45, 2.75) is 6.54 Å². The first-order valence-electron chi connectivity index (χ1n) is 7.23. The lowest BCUT2D eigenvalue weighted by atomic mass is 10.2. The Morgan fingerprint density at radius 1 is 1.41 bits per heavy atom. The summed E-state index contributed by atoms with van der Waals surface area (Å²) in [6, 6.07) is 5.39. The van der Waals surface area contributed by atoms with Crippen molar-refractivity contribution < 1.29 is 23.6 Å². The van der Waals surface area contributed by atoms with Gasteiger partial charge in [0.1, 0.15) is 18.2 Å². The molecular weight excluding hydrogens is 363 g/mol. The van der Waals surface area contributed by atoms with Crippen LogP contribution in [0.3, 0.4) is 0 Å². The van der Waals surface area contributed by atoms with Crippen LogP contribution in [0.1, 0.15) is 15.9 Å². The SMILES string of the molecule is COC(=O)c1cc(C#N)c(=O)n(CC(=O)Nc2ccc(F)c([N+](=O)[O-])c2)c1. The molecule has 0 spiro atoms. The van der Waals surface area contributed by atoms with Gasteiger partial charge in [0.05, 0.1) is 17.6 Å². The molecule has 0 aliphatic rings. The third-order valence-corrected chi connectivity index (χ3v) is 3.37. The van der Waals surface area contributed by atoms with Gasteiger partial charge >= 0.3 is 11.7 Å². The van der Waals surface area contributed by atoms with Crippen LogP contribution in [-0.4, -0.2) is 28.5 Å². The Bertz CT molecular complexity index is 1040. The molecule has 1 aromatic carbocycles. The highest BCUT2D eigenvalue weighted by Crippen LogP contribution is 2.21. The van der Waals surface area contributed by atoms with Crippen LogP contribution in [0, 0.1) is 27.3 Å². The first-order chi connectivity index (χ1) is 12.8. The highest BCUT2D eigenvalue weighted by atomic mass is 19.1. The number of amides is 1. The maximum Gasteiger partial charge on any atom is 0.339 e. The monoisotopic (exact) mass is 374 g/mol. The van der Waals surface area contributed by atoms with Gasteiger partial charge < -0.3 is 14.6 Å². The maximum atomic E-state index is 13.3. The predicted octanol–water partition coefficient (Wildman–Crippen LogP) is 1.19. The predicted molar refractivity (Wildman–Crippen MR) is 88.4 cm³/mol. The van der Waals surface area contributed by atoms with Crippen molar-refractivity contribution in [1.82, 2.24) is 4.57 Å². The number of rotatable bonds is 5. The fourth-order valence-electron chi connectivity index (χ4n) is 2.15. The van der Waals surface area contributed by atoms with Gasteiger partial charge in [-0.3, -0.25) is 19.7 Å². The second-order valence-corrected chi connectivity index (χ2v) is 5.15. The summed E-state index contributed by atoms with van der Waals surface area (Å²) in [6.45, 7) is -0.594. The molecule has 0 aliphatic heterocycles. The van der Waals surface area contributed by atoms with E-state index in [1.807, 2.05) is 0 Å². The standard InChI is InChI=1S/C16H11FN4O6/c1-27-16(24)10-4-9(6-18)15(23)20(7-10)8-14(22)19-11-2-3-12(17)13(5-11)21(25)26/h2-5,7H,8H2,1H3,(H,19,22). The molecule has 0 aliphatic carbocycles. The number of hydrogen-bond donors (Lipinski definition) is 1. The van der Waals surface area contributed by atoms with E-state index < -0.39 is 40.4 Å². The normalized spacial score (nSPS) is 9.96. The van der Waals surface area contributed by atoms with E-state index >= 15 is 0 Å². The lowest BCUT2D eigenvalue weighted by Gasteiger charge is -2.09. The van der Waals surface area contributed by atoms with Gasteiger partial charge in [-0.25, -0.2) is 4.79 Å². The van der Waals surface area contributed by atoms with Crippen molar-refractivity contribution in [1.29, 1.82) is 5.26 Å².